The second-order valence-corrected chi connectivity index (χ2v) is 4.13. The van der Waals surface area contributed by atoms with Crippen LogP contribution in [0.2, 0.25) is 0 Å². The number of nitrogens with zero attached hydrogens (tertiary/aromatic N) is 3. The standard InChI is InChI=1S/C13H14N4/c1-8-4-5-12(11(6-8)7-14)17-10(3)13(15)9(2)16-17/h4-6H,15H2,1-3H3. The van der Waals surface area contributed by atoms with E-state index in [2.05, 4.69) is 11.2 Å². The zero-order valence-corrected chi connectivity index (χ0v) is 10.2. The van der Waals surface area contributed by atoms with Gasteiger partial charge in [0, 0.05) is 0 Å². The molecule has 86 valence electrons. The first-order chi connectivity index (χ1) is 8.04. The molecule has 2 rings (SSSR count). The van der Waals surface area contributed by atoms with Crippen molar-refractivity contribution in [3.05, 3.63) is 40.7 Å². The van der Waals surface area contributed by atoms with Crippen LogP contribution in [0.25, 0.3) is 5.69 Å². The Balaban J connectivity index is 2.69. The van der Waals surface area contributed by atoms with Gasteiger partial charge in [-0.05, 0) is 38.5 Å². The van der Waals surface area contributed by atoms with Crippen molar-refractivity contribution in [3.8, 4) is 11.8 Å². The quantitative estimate of drug-likeness (QED) is 0.810. The Morgan fingerprint density at radius 1 is 1.29 bits per heavy atom. The second kappa shape index (κ2) is 3.95. The van der Waals surface area contributed by atoms with Crippen LogP contribution >= 0.6 is 0 Å². The summed E-state index contributed by atoms with van der Waals surface area (Å²) in [4.78, 5) is 0. The maximum atomic E-state index is 9.15. The van der Waals surface area contributed by atoms with E-state index >= 15 is 0 Å². The zero-order valence-electron chi connectivity index (χ0n) is 10.2. The molecule has 0 amide bonds. The van der Waals surface area contributed by atoms with E-state index in [1.54, 1.807) is 4.68 Å². The predicted molar refractivity (Wildman–Crippen MR) is 66.9 cm³/mol. The highest BCUT2D eigenvalue weighted by Crippen LogP contribution is 2.22. The van der Waals surface area contributed by atoms with Gasteiger partial charge in [0.15, 0.2) is 0 Å². The lowest BCUT2D eigenvalue weighted by atomic mass is 10.1. The van der Waals surface area contributed by atoms with Gasteiger partial charge in [0.1, 0.15) is 6.07 Å². The van der Waals surface area contributed by atoms with Crippen molar-refractivity contribution >= 4 is 5.69 Å². The third-order valence-corrected chi connectivity index (χ3v) is 2.85. The SMILES string of the molecule is Cc1ccc(-n2nc(C)c(N)c2C)c(C#N)c1. The smallest absolute Gasteiger partial charge is 0.101 e. The van der Waals surface area contributed by atoms with Crippen LogP contribution in [0.5, 0.6) is 0 Å². The number of nitrogen functional groups attached to an aromatic ring is 1. The first kappa shape index (κ1) is 11.2. The summed E-state index contributed by atoms with van der Waals surface area (Å²) < 4.78 is 1.72. The molecule has 2 N–H and O–H groups in total. The zero-order chi connectivity index (χ0) is 12.6. The van der Waals surface area contributed by atoms with Gasteiger partial charge in [-0.3, -0.25) is 0 Å². The van der Waals surface area contributed by atoms with Crippen LogP contribution in [0, 0.1) is 32.1 Å². The minimum Gasteiger partial charge on any atom is -0.396 e. The number of aryl methyl sites for hydroxylation is 2. The Hall–Kier alpha value is -2.28. The monoisotopic (exact) mass is 226 g/mol. The minimum atomic E-state index is 0.607. The summed E-state index contributed by atoms with van der Waals surface area (Å²) in [6.45, 7) is 5.72. The van der Waals surface area contributed by atoms with Crippen LogP contribution in [0.3, 0.4) is 0 Å². The van der Waals surface area contributed by atoms with Crippen molar-refractivity contribution in [3.63, 3.8) is 0 Å². The second-order valence-electron chi connectivity index (χ2n) is 4.13. The van der Waals surface area contributed by atoms with Crippen molar-refractivity contribution in [2.75, 3.05) is 5.73 Å². The van der Waals surface area contributed by atoms with E-state index in [0.717, 1.165) is 22.6 Å². The Morgan fingerprint density at radius 3 is 2.53 bits per heavy atom. The van der Waals surface area contributed by atoms with Crippen LogP contribution < -0.4 is 5.73 Å². The van der Waals surface area contributed by atoms with Gasteiger partial charge in [0.25, 0.3) is 0 Å². The molecule has 0 bridgehead atoms. The van der Waals surface area contributed by atoms with Crippen molar-refractivity contribution in [1.82, 2.24) is 9.78 Å². The number of hydrogen-bond acceptors (Lipinski definition) is 3. The van der Waals surface area contributed by atoms with Gasteiger partial charge in [-0.1, -0.05) is 6.07 Å². The van der Waals surface area contributed by atoms with Gasteiger partial charge < -0.3 is 5.73 Å². The van der Waals surface area contributed by atoms with Crippen LogP contribution in [-0.4, -0.2) is 9.78 Å². The fourth-order valence-corrected chi connectivity index (χ4v) is 1.81. The maximum absolute atomic E-state index is 9.15. The van der Waals surface area contributed by atoms with Crippen LogP contribution in [0.1, 0.15) is 22.5 Å². The van der Waals surface area contributed by atoms with Gasteiger partial charge in [-0.25, -0.2) is 4.68 Å². The third kappa shape index (κ3) is 1.76. The summed E-state index contributed by atoms with van der Waals surface area (Å²) in [6, 6.07) is 7.90. The van der Waals surface area contributed by atoms with Gasteiger partial charge in [-0.2, -0.15) is 10.4 Å². The molecule has 17 heavy (non-hydrogen) atoms. The molecule has 4 nitrogen and oxygen atoms in total. The third-order valence-electron chi connectivity index (χ3n) is 2.85. The average molecular weight is 226 g/mol. The first-order valence-electron chi connectivity index (χ1n) is 5.37. The van der Waals surface area contributed by atoms with Crippen molar-refractivity contribution in [1.29, 1.82) is 5.26 Å². The van der Waals surface area contributed by atoms with Crippen LogP contribution in [0.15, 0.2) is 18.2 Å². The van der Waals surface area contributed by atoms with Gasteiger partial charge in [-0.15, -0.1) is 0 Å². The lowest BCUT2D eigenvalue weighted by molar-refractivity contribution is 0.831. The van der Waals surface area contributed by atoms with E-state index < -0.39 is 0 Å². The molecule has 2 aromatic rings. The summed E-state index contributed by atoms with van der Waals surface area (Å²) in [5, 5.41) is 13.5. The molecule has 0 radical (unpaired) electrons. The van der Waals surface area contributed by atoms with E-state index in [0.29, 0.717) is 11.3 Å². The number of rotatable bonds is 1. The van der Waals surface area contributed by atoms with Gasteiger partial charge in [0.05, 0.1) is 28.3 Å². The van der Waals surface area contributed by atoms with Gasteiger partial charge in [0.2, 0.25) is 0 Å². The molecule has 0 fully saturated rings. The lowest BCUT2D eigenvalue weighted by Crippen LogP contribution is -2.02. The number of aromatic nitrogens is 2. The Kier molecular flexibility index (Phi) is 2.60. The molecule has 1 aromatic heterocycles. The molecule has 0 aliphatic carbocycles. The van der Waals surface area contributed by atoms with E-state index in [1.807, 2.05) is 39.0 Å². The minimum absolute atomic E-state index is 0.607. The molecule has 0 aliphatic heterocycles. The Morgan fingerprint density at radius 2 is 2.00 bits per heavy atom. The number of nitriles is 1. The molecule has 0 unspecified atom stereocenters. The van der Waals surface area contributed by atoms with Crippen LogP contribution in [-0.2, 0) is 0 Å². The number of nitrogens with two attached hydrogens (primary N) is 1. The fraction of sp³-hybridized carbons (Fsp3) is 0.231. The van der Waals surface area contributed by atoms with E-state index in [-0.39, 0.29) is 0 Å². The largest absolute Gasteiger partial charge is 0.396 e. The van der Waals surface area contributed by atoms with Gasteiger partial charge >= 0.3 is 0 Å². The highest BCUT2D eigenvalue weighted by Gasteiger charge is 2.12. The molecular weight excluding hydrogens is 212 g/mol. The van der Waals surface area contributed by atoms with E-state index in [9.17, 15) is 0 Å². The Bertz CT molecular complexity index is 617. The molecule has 0 spiro atoms. The van der Waals surface area contributed by atoms with E-state index in [4.69, 9.17) is 11.0 Å². The fourth-order valence-electron chi connectivity index (χ4n) is 1.81. The topological polar surface area (TPSA) is 67.6 Å². The normalized spacial score (nSPS) is 10.2. The maximum Gasteiger partial charge on any atom is 0.101 e. The van der Waals surface area contributed by atoms with Crippen molar-refractivity contribution in [2.45, 2.75) is 20.8 Å². The number of hydrogen-bond donors (Lipinski definition) is 1. The summed E-state index contributed by atoms with van der Waals surface area (Å²) in [7, 11) is 0. The average Bonchev–Trinajstić information content (AvgIpc) is 2.57. The predicted octanol–water partition coefficient (Wildman–Crippen LogP) is 2.25. The molecule has 1 aromatic carbocycles. The molecule has 1 heterocycles. The first-order valence-corrected chi connectivity index (χ1v) is 5.37. The summed E-state index contributed by atoms with van der Waals surface area (Å²) in [5.41, 5.74) is 10.7. The molecule has 0 saturated carbocycles. The van der Waals surface area contributed by atoms with E-state index in [1.165, 1.54) is 0 Å². The number of benzene rings is 1. The van der Waals surface area contributed by atoms with Crippen molar-refractivity contribution in [2.24, 2.45) is 0 Å². The summed E-state index contributed by atoms with van der Waals surface area (Å²) >= 11 is 0. The highest BCUT2D eigenvalue weighted by atomic mass is 15.3. The Labute approximate surface area is 100 Å². The molecule has 4 heteroatoms. The molecule has 0 aliphatic rings. The summed E-state index contributed by atoms with van der Waals surface area (Å²) in [5.74, 6) is 0. The highest BCUT2D eigenvalue weighted by molar-refractivity contribution is 5.55. The van der Waals surface area contributed by atoms with Crippen LogP contribution in [0.4, 0.5) is 5.69 Å². The molecule has 0 saturated heterocycles. The molecular formula is C13H14N4. The number of anilines is 1. The lowest BCUT2D eigenvalue weighted by Gasteiger charge is -2.07. The summed E-state index contributed by atoms with van der Waals surface area (Å²) in [6.07, 6.45) is 0. The van der Waals surface area contributed by atoms with Crippen molar-refractivity contribution < 1.29 is 0 Å². The molecule has 0 atom stereocenters.